The van der Waals surface area contributed by atoms with Crippen LogP contribution in [-0.2, 0) is 9.59 Å². The van der Waals surface area contributed by atoms with E-state index in [9.17, 15) is 32.3 Å². The molecule has 2 unspecified atom stereocenters. The standard InChI is InChI=1S/C22H17F4N3O4/c23-10-3-1-9(2-4-10)15(19(25)26)18-16-11(5-6-12(17(16)24)20(27)31)22(33)29(18)13-7-8-14(30)28-21(13)32/h1-6,13,15,18-19H,7-8H2,(H2,27,31)(H,28,30,32)/t13?,15-,18?/m1/s1. The Hall–Kier alpha value is -3.76. The Labute approximate surface area is 184 Å². The van der Waals surface area contributed by atoms with Gasteiger partial charge in [0.1, 0.15) is 17.7 Å². The number of imide groups is 1. The summed E-state index contributed by atoms with van der Waals surface area (Å²) in [5.74, 6) is -7.38. The van der Waals surface area contributed by atoms with Crippen LogP contribution in [0.1, 0.15) is 56.6 Å². The highest BCUT2D eigenvalue weighted by Gasteiger charge is 2.52. The Morgan fingerprint density at radius 1 is 1.06 bits per heavy atom. The first-order valence-corrected chi connectivity index (χ1v) is 9.94. The summed E-state index contributed by atoms with van der Waals surface area (Å²) < 4.78 is 57.8. The number of fused-ring (bicyclic) bond motifs is 1. The number of alkyl halides is 2. The fourth-order valence-electron chi connectivity index (χ4n) is 4.45. The second-order valence-electron chi connectivity index (χ2n) is 7.79. The van der Waals surface area contributed by atoms with Gasteiger partial charge >= 0.3 is 0 Å². The van der Waals surface area contributed by atoms with Crippen LogP contribution in [0.2, 0.25) is 0 Å². The minimum absolute atomic E-state index is 0.113. The first-order valence-electron chi connectivity index (χ1n) is 9.94. The minimum Gasteiger partial charge on any atom is -0.366 e. The number of benzene rings is 2. The lowest BCUT2D eigenvalue weighted by Gasteiger charge is -2.38. The van der Waals surface area contributed by atoms with Crippen molar-refractivity contribution in [2.75, 3.05) is 0 Å². The Morgan fingerprint density at radius 3 is 2.30 bits per heavy atom. The number of nitrogens with one attached hydrogen (secondary N) is 1. The Kier molecular flexibility index (Phi) is 5.64. The third-order valence-electron chi connectivity index (χ3n) is 5.92. The molecule has 0 radical (unpaired) electrons. The highest BCUT2D eigenvalue weighted by Crippen LogP contribution is 2.49. The third-order valence-corrected chi connectivity index (χ3v) is 5.92. The zero-order valence-electron chi connectivity index (χ0n) is 16.9. The first kappa shape index (κ1) is 22.4. The Bertz CT molecular complexity index is 1170. The van der Waals surface area contributed by atoms with Crippen LogP contribution in [-0.4, -0.2) is 41.0 Å². The average Bonchev–Trinajstić information content (AvgIpc) is 3.02. The van der Waals surface area contributed by atoms with Crippen molar-refractivity contribution in [3.8, 4) is 0 Å². The van der Waals surface area contributed by atoms with Crippen molar-refractivity contribution >= 4 is 23.6 Å². The molecule has 3 atom stereocenters. The van der Waals surface area contributed by atoms with Gasteiger partial charge in [0.25, 0.3) is 11.8 Å². The summed E-state index contributed by atoms with van der Waals surface area (Å²) in [4.78, 5) is 49.9. The lowest BCUT2D eigenvalue weighted by Crippen LogP contribution is -2.54. The van der Waals surface area contributed by atoms with Gasteiger partial charge in [-0.2, -0.15) is 0 Å². The van der Waals surface area contributed by atoms with Crippen molar-refractivity contribution in [1.29, 1.82) is 0 Å². The van der Waals surface area contributed by atoms with Crippen molar-refractivity contribution in [1.82, 2.24) is 10.2 Å². The van der Waals surface area contributed by atoms with Crippen molar-refractivity contribution in [2.24, 2.45) is 5.73 Å². The van der Waals surface area contributed by atoms with Crippen LogP contribution >= 0.6 is 0 Å². The number of rotatable bonds is 5. The van der Waals surface area contributed by atoms with Gasteiger partial charge in [-0.25, -0.2) is 17.6 Å². The van der Waals surface area contributed by atoms with Crippen LogP contribution < -0.4 is 11.1 Å². The summed E-state index contributed by atoms with van der Waals surface area (Å²) >= 11 is 0. The minimum atomic E-state index is -3.17. The van der Waals surface area contributed by atoms with Crippen LogP contribution in [0.3, 0.4) is 0 Å². The van der Waals surface area contributed by atoms with E-state index in [4.69, 9.17) is 5.73 Å². The first-order chi connectivity index (χ1) is 15.6. The van der Waals surface area contributed by atoms with E-state index in [1.807, 2.05) is 0 Å². The third kappa shape index (κ3) is 3.73. The number of carbonyl (C=O) groups excluding carboxylic acids is 4. The van der Waals surface area contributed by atoms with E-state index in [-0.39, 0.29) is 24.0 Å². The van der Waals surface area contributed by atoms with Crippen molar-refractivity contribution in [3.05, 3.63) is 70.3 Å². The number of piperidine rings is 1. The number of halogens is 4. The predicted octanol–water partition coefficient (Wildman–Crippen LogP) is 2.41. The van der Waals surface area contributed by atoms with E-state index in [1.54, 1.807) is 0 Å². The monoisotopic (exact) mass is 463 g/mol. The zero-order chi connectivity index (χ0) is 24.0. The number of hydrogen-bond donors (Lipinski definition) is 2. The van der Waals surface area contributed by atoms with Crippen molar-refractivity contribution in [3.63, 3.8) is 0 Å². The quantitative estimate of drug-likeness (QED) is 0.524. The number of amides is 4. The molecule has 0 spiro atoms. The number of nitrogens with zero attached hydrogens (tertiary/aromatic N) is 1. The van der Waals surface area contributed by atoms with E-state index >= 15 is 4.39 Å². The normalized spacial score (nSPS) is 21.2. The molecule has 1 fully saturated rings. The number of primary amides is 1. The molecule has 0 bridgehead atoms. The fraction of sp³-hybridized carbons (Fsp3) is 0.273. The smallest absolute Gasteiger partial charge is 0.255 e. The number of hydrogen-bond acceptors (Lipinski definition) is 4. The van der Waals surface area contributed by atoms with Crippen LogP contribution in [0.4, 0.5) is 17.6 Å². The Balaban J connectivity index is 1.94. The highest BCUT2D eigenvalue weighted by molar-refractivity contribution is 6.06. The van der Waals surface area contributed by atoms with Gasteiger partial charge in [0.05, 0.1) is 17.5 Å². The summed E-state index contributed by atoms with van der Waals surface area (Å²) in [6.07, 6.45) is -3.50. The Morgan fingerprint density at radius 2 is 1.73 bits per heavy atom. The maximum absolute atomic E-state index is 15.4. The SMILES string of the molecule is NC(=O)c1ccc2c(c1F)C([C@@H](c1ccc(F)cc1)C(F)F)N(C1CCC(=O)NC1=O)C2=O. The summed E-state index contributed by atoms with van der Waals surface area (Å²) in [5.41, 5.74) is 3.67. The molecule has 7 nitrogen and oxygen atoms in total. The van der Waals surface area contributed by atoms with Gasteiger partial charge in [0, 0.05) is 17.5 Å². The molecule has 11 heteroatoms. The van der Waals surface area contributed by atoms with Crippen molar-refractivity contribution in [2.45, 2.75) is 37.3 Å². The molecular formula is C22H17F4N3O4. The molecule has 3 N–H and O–H groups in total. The lowest BCUT2D eigenvalue weighted by atomic mass is 9.85. The predicted molar refractivity (Wildman–Crippen MR) is 105 cm³/mol. The molecule has 1 saturated heterocycles. The van der Waals surface area contributed by atoms with Gasteiger partial charge in [0.15, 0.2) is 0 Å². The largest absolute Gasteiger partial charge is 0.366 e. The highest BCUT2D eigenvalue weighted by atomic mass is 19.3. The van der Waals surface area contributed by atoms with Gasteiger partial charge in [-0.05, 0) is 36.2 Å². The summed E-state index contributed by atoms with van der Waals surface area (Å²) in [6.45, 7) is 0. The van der Waals surface area contributed by atoms with Crippen LogP contribution in [0.25, 0.3) is 0 Å². The zero-order valence-corrected chi connectivity index (χ0v) is 16.9. The van der Waals surface area contributed by atoms with Crippen molar-refractivity contribution < 1.29 is 36.7 Å². The second-order valence-corrected chi connectivity index (χ2v) is 7.79. The molecule has 2 heterocycles. The lowest BCUT2D eigenvalue weighted by molar-refractivity contribution is -0.137. The van der Waals surface area contributed by atoms with Crippen LogP contribution in [0, 0.1) is 11.6 Å². The number of nitrogens with two attached hydrogens (primary N) is 1. The molecule has 0 aromatic heterocycles. The van der Waals surface area contributed by atoms with Gasteiger partial charge in [-0.1, -0.05) is 12.1 Å². The van der Waals surface area contributed by atoms with Crippen LogP contribution in [0.5, 0.6) is 0 Å². The van der Waals surface area contributed by atoms with Gasteiger partial charge in [0.2, 0.25) is 18.2 Å². The molecule has 33 heavy (non-hydrogen) atoms. The molecular weight excluding hydrogens is 446 g/mol. The molecule has 2 aliphatic heterocycles. The molecule has 2 aromatic rings. The summed E-state index contributed by atoms with van der Waals surface area (Å²) in [5, 5.41) is 2.06. The maximum atomic E-state index is 15.4. The van der Waals surface area contributed by atoms with E-state index in [1.165, 1.54) is 0 Å². The molecule has 0 aliphatic carbocycles. The van der Waals surface area contributed by atoms with Crippen LogP contribution in [0.15, 0.2) is 36.4 Å². The molecule has 2 aliphatic rings. The van der Waals surface area contributed by atoms with Gasteiger partial charge in [-0.15, -0.1) is 0 Å². The van der Waals surface area contributed by atoms with Gasteiger partial charge < -0.3 is 10.6 Å². The molecule has 4 amide bonds. The van der Waals surface area contributed by atoms with E-state index in [2.05, 4.69) is 5.32 Å². The molecule has 172 valence electrons. The summed E-state index contributed by atoms with van der Waals surface area (Å²) in [6, 6.07) is 3.03. The molecule has 4 rings (SSSR count). The van der Waals surface area contributed by atoms with E-state index in [0.29, 0.717) is 0 Å². The summed E-state index contributed by atoms with van der Waals surface area (Å²) in [7, 11) is 0. The topological polar surface area (TPSA) is 110 Å². The molecule has 0 saturated carbocycles. The average molecular weight is 463 g/mol. The molecule has 2 aromatic carbocycles. The number of carbonyl (C=O) groups is 4. The van der Waals surface area contributed by atoms with E-state index in [0.717, 1.165) is 41.3 Å². The van der Waals surface area contributed by atoms with Gasteiger partial charge in [-0.3, -0.25) is 24.5 Å². The van der Waals surface area contributed by atoms with E-state index < -0.39 is 70.8 Å². The fourth-order valence-corrected chi connectivity index (χ4v) is 4.45. The maximum Gasteiger partial charge on any atom is 0.255 e. The second kappa shape index (κ2) is 8.30.